The van der Waals surface area contributed by atoms with E-state index in [1.54, 1.807) is 11.3 Å². The van der Waals surface area contributed by atoms with Crippen LogP contribution in [0.4, 0.5) is 0 Å². The molecule has 1 saturated carbocycles. The zero-order valence-electron chi connectivity index (χ0n) is 15.5. The summed E-state index contributed by atoms with van der Waals surface area (Å²) in [5, 5.41) is 4.29. The molecule has 140 valence electrons. The predicted octanol–water partition coefficient (Wildman–Crippen LogP) is 4.80. The van der Waals surface area contributed by atoms with Gasteiger partial charge in [-0.1, -0.05) is 25.3 Å². The van der Waals surface area contributed by atoms with Gasteiger partial charge < -0.3 is 4.90 Å². The van der Waals surface area contributed by atoms with E-state index in [1.807, 2.05) is 11.3 Å². The van der Waals surface area contributed by atoms with Crippen LogP contribution in [0.1, 0.15) is 53.5 Å². The normalized spacial score (nSPS) is 21.2. The van der Waals surface area contributed by atoms with Gasteiger partial charge in [-0.15, -0.1) is 22.7 Å². The van der Waals surface area contributed by atoms with Crippen LogP contribution in [0.5, 0.6) is 0 Å². The van der Waals surface area contributed by atoms with E-state index >= 15 is 0 Å². The fraction of sp³-hybridized carbons (Fsp3) is 0.571. The molecule has 4 rings (SSSR count). The Morgan fingerprint density at radius 1 is 1.19 bits per heavy atom. The van der Waals surface area contributed by atoms with Gasteiger partial charge in [0.25, 0.3) is 0 Å². The molecule has 1 fully saturated rings. The van der Waals surface area contributed by atoms with Crippen molar-refractivity contribution in [2.45, 2.75) is 44.6 Å². The topological polar surface area (TPSA) is 23.6 Å². The summed E-state index contributed by atoms with van der Waals surface area (Å²) in [5.74, 6) is 1.05. The fourth-order valence-corrected chi connectivity index (χ4v) is 6.29. The second kappa shape index (κ2) is 8.24. The first-order valence-electron chi connectivity index (χ1n) is 9.80. The van der Waals surface area contributed by atoms with Crippen LogP contribution in [0.15, 0.2) is 29.0 Å². The quantitative estimate of drug-likeness (QED) is 0.735. The third kappa shape index (κ3) is 3.90. The molecule has 2 aromatic heterocycles. The average Bonchev–Trinajstić information content (AvgIpc) is 3.33. The Kier molecular flexibility index (Phi) is 5.77. The summed E-state index contributed by atoms with van der Waals surface area (Å²) in [7, 11) is 2.12. The smallest absolute Gasteiger partial charge is 0.237 e. The highest BCUT2D eigenvalue weighted by Crippen LogP contribution is 2.39. The molecule has 1 atom stereocenters. The van der Waals surface area contributed by atoms with Gasteiger partial charge in [0.15, 0.2) is 0 Å². The monoisotopic (exact) mass is 388 g/mol. The van der Waals surface area contributed by atoms with Crippen LogP contribution in [0.25, 0.3) is 0 Å². The molecule has 3 heterocycles. The zero-order chi connectivity index (χ0) is 17.9. The predicted molar refractivity (Wildman–Crippen MR) is 110 cm³/mol. The molecule has 5 heteroatoms. The van der Waals surface area contributed by atoms with Crippen molar-refractivity contribution in [3.63, 3.8) is 0 Å². The van der Waals surface area contributed by atoms with Gasteiger partial charge in [-0.3, -0.25) is 9.69 Å². The van der Waals surface area contributed by atoms with Gasteiger partial charge in [0.2, 0.25) is 5.91 Å². The Morgan fingerprint density at radius 3 is 2.81 bits per heavy atom. The van der Waals surface area contributed by atoms with Crippen LogP contribution in [0.3, 0.4) is 0 Å². The Hall–Kier alpha value is -1.17. The van der Waals surface area contributed by atoms with Gasteiger partial charge in [0.1, 0.15) is 0 Å². The van der Waals surface area contributed by atoms with E-state index in [-0.39, 0.29) is 11.9 Å². The van der Waals surface area contributed by atoms with Crippen LogP contribution in [-0.2, 0) is 11.2 Å². The van der Waals surface area contributed by atoms with Crippen molar-refractivity contribution in [1.82, 2.24) is 9.80 Å². The highest BCUT2D eigenvalue weighted by atomic mass is 32.1. The van der Waals surface area contributed by atoms with Crippen LogP contribution in [0, 0.1) is 5.92 Å². The molecule has 0 spiro atoms. The molecule has 0 aromatic carbocycles. The fourth-order valence-electron chi connectivity index (χ4n) is 4.54. The maximum atomic E-state index is 13.2. The molecule has 1 unspecified atom stereocenters. The highest BCUT2D eigenvalue weighted by molar-refractivity contribution is 7.10. The molecular formula is C21H28N2OS2. The number of fused-ring (bicyclic) bond motifs is 1. The lowest BCUT2D eigenvalue weighted by atomic mass is 9.89. The molecule has 0 N–H and O–H groups in total. The van der Waals surface area contributed by atoms with Gasteiger partial charge in [-0.25, -0.2) is 0 Å². The maximum Gasteiger partial charge on any atom is 0.237 e. The lowest BCUT2D eigenvalue weighted by molar-refractivity contribution is -0.134. The largest absolute Gasteiger partial charge is 0.329 e. The number of carbonyl (C=O) groups excluding carboxylic acids is 1. The minimum Gasteiger partial charge on any atom is -0.329 e. The summed E-state index contributed by atoms with van der Waals surface area (Å²) in [6.07, 6.45) is 7.77. The first kappa shape index (κ1) is 18.2. The summed E-state index contributed by atoms with van der Waals surface area (Å²) in [6, 6.07) is 6.60. The first-order valence-corrected chi connectivity index (χ1v) is 11.6. The van der Waals surface area contributed by atoms with Crippen molar-refractivity contribution in [3.8, 4) is 0 Å². The van der Waals surface area contributed by atoms with E-state index in [1.165, 1.54) is 47.4 Å². The Morgan fingerprint density at radius 2 is 2.04 bits per heavy atom. The third-order valence-electron chi connectivity index (χ3n) is 5.80. The molecule has 1 amide bonds. The standard InChI is InChI=1S/C21H28N2OS2/c1-22(14-16-6-3-2-4-7-16)15-20(24)23-11-9-18-17(10-13-26-18)21(23)19-8-5-12-25-19/h5,8,10,12-13,16,21H,2-4,6-7,9,11,14-15H2,1H3. The van der Waals surface area contributed by atoms with Crippen LogP contribution in [-0.4, -0.2) is 42.4 Å². The number of likely N-dealkylation sites (N-methyl/N-ethyl adjacent to an activating group) is 1. The number of amides is 1. The second-order valence-electron chi connectivity index (χ2n) is 7.75. The summed E-state index contributed by atoms with van der Waals surface area (Å²) in [5.41, 5.74) is 1.34. The summed E-state index contributed by atoms with van der Waals surface area (Å²) in [6.45, 7) is 2.44. The molecule has 1 aliphatic heterocycles. The van der Waals surface area contributed by atoms with Crippen molar-refractivity contribution in [2.24, 2.45) is 5.92 Å². The minimum atomic E-state index is 0.112. The van der Waals surface area contributed by atoms with Crippen molar-refractivity contribution in [2.75, 3.05) is 26.7 Å². The Balaban J connectivity index is 1.46. The minimum absolute atomic E-state index is 0.112. The van der Waals surface area contributed by atoms with Gasteiger partial charge in [-0.2, -0.15) is 0 Å². The number of hydrogen-bond donors (Lipinski definition) is 0. The summed E-state index contributed by atoms with van der Waals surface area (Å²) >= 11 is 3.60. The number of rotatable bonds is 5. The molecule has 3 nitrogen and oxygen atoms in total. The maximum absolute atomic E-state index is 13.2. The number of nitrogens with zero attached hydrogens (tertiary/aromatic N) is 2. The number of hydrogen-bond acceptors (Lipinski definition) is 4. The first-order chi connectivity index (χ1) is 12.7. The van der Waals surface area contributed by atoms with Gasteiger partial charge in [0, 0.05) is 22.8 Å². The van der Waals surface area contributed by atoms with Crippen LogP contribution < -0.4 is 0 Å². The van der Waals surface area contributed by atoms with Crippen molar-refractivity contribution < 1.29 is 4.79 Å². The molecule has 2 aliphatic rings. The van der Waals surface area contributed by atoms with E-state index in [0.717, 1.165) is 25.4 Å². The lowest BCUT2D eigenvalue weighted by Gasteiger charge is -2.37. The number of carbonyl (C=O) groups is 1. The highest BCUT2D eigenvalue weighted by Gasteiger charge is 2.33. The van der Waals surface area contributed by atoms with Gasteiger partial charge >= 0.3 is 0 Å². The van der Waals surface area contributed by atoms with E-state index in [4.69, 9.17) is 0 Å². The molecule has 0 bridgehead atoms. The van der Waals surface area contributed by atoms with Crippen molar-refractivity contribution in [3.05, 3.63) is 44.3 Å². The molecule has 1 aliphatic carbocycles. The molecule has 0 radical (unpaired) electrons. The lowest BCUT2D eigenvalue weighted by Crippen LogP contribution is -2.45. The molecule has 0 saturated heterocycles. The Bertz CT molecular complexity index is 718. The van der Waals surface area contributed by atoms with E-state index in [2.05, 4.69) is 45.8 Å². The van der Waals surface area contributed by atoms with Crippen LogP contribution >= 0.6 is 22.7 Å². The third-order valence-corrected chi connectivity index (χ3v) is 7.72. The van der Waals surface area contributed by atoms with E-state index in [0.29, 0.717) is 6.54 Å². The SMILES string of the molecule is CN(CC(=O)N1CCc2sccc2C1c1cccs1)CC1CCCCC1. The zero-order valence-corrected chi connectivity index (χ0v) is 17.2. The van der Waals surface area contributed by atoms with Crippen LogP contribution in [0.2, 0.25) is 0 Å². The van der Waals surface area contributed by atoms with E-state index < -0.39 is 0 Å². The van der Waals surface area contributed by atoms with E-state index in [9.17, 15) is 4.79 Å². The summed E-state index contributed by atoms with van der Waals surface area (Å²) in [4.78, 5) is 20.3. The second-order valence-corrected chi connectivity index (χ2v) is 9.73. The Labute approximate surface area is 164 Å². The van der Waals surface area contributed by atoms with Crippen molar-refractivity contribution in [1.29, 1.82) is 0 Å². The molecule has 2 aromatic rings. The van der Waals surface area contributed by atoms with Crippen molar-refractivity contribution >= 4 is 28.6 Å². The summed E-state index contributed by atoms with van der Waals surface area (Å²) < 4.78 is 0. The molecular weight excluding hydrogens is 360 g/mol. The molecule has 26 heavy (non-hydrogen) atoms. The average molecular weight is 389 g/mol. The van der Waals surface area contributed by atoms with Gasteiger partial charge in [-0.05, 0) is 60.7 Å². The van der Waals surface area contributed by atoms with Gasteiger partial charge in [0.05, 0.1) is 12.6 Å². The number of thiophene rings is 2.